The zero-order chi connectivity index (χ0) is 20.3. The van der Waals surface area contributed by atoms with Crippen LogP contribution in [0.4, 0.5) is 5.82 Å². The van der Waals surface area contributed by atoms with Gasteiger partial charge in [-0.25, -0.2) is 14.6 Å². The van der Waals surface area contributed by atoms with Crippen LogP contribution in [-0.2, 0) is 9.47 Å². The maximum Gasteiger partial charge on any atom is 0.159 e. The number of hydrogen-bond acceptors (Lipinski definition) is 6. The molecule has 7 nitrogen and oxygen atoms in total. The summed E-state index contributed by atoms with van der Waals surface area (Å²) in [7, 11) is 0. The average Bonchev–Trinajstić information content (AvgIpc) is 3.31. The van der Waals surface area contributed by atoms with Gasteiger partial charge in [-0.3, -0.25) is 0 Å². The molecular weight excluding hydrogens is 378 g/mol. The van der Waals surface area contributed by atoms with E-state index in [0.29, 0.717) is 26.4 Å². The summed E-state index contributed by atoms with van der Waals surface area (Å²) in [5, 5.41) is 4.80. The summed E-state index contributed by atoms with van der Waals surface area (Å²) in [4.78, 5) is 12.0. The van der Waals surface area contributed by atoms with Crippen molar-refractivity contribution in [3.8, 4) is 17.1 Å². The largest absolute Gasteiger partial charge is 0.378 e. The molecule has 0 amide bonds. The number of benzene rings is 1. The van der Waals surface area contributed by atoms with Crippen molar-refractivity contribution in [1.82, 2.24) is 19.7 Å². The predicted octanol–water partition coefficient (Wildman–Crippen LogP) is 3.28. The van der Waals surface area contributed by atoms with E-state index < -0.39 is 0 Å². The quantitative estimate of drug-likeness (QED) is 0.666. The monoisotopic (exact) mass is 403 g/mol. The minimum atomic E-state index is 0.606. The maximum atomic E-state index is 5.51. The summed E-state index contributed by atoms with van der Waals surface area (Å²) < 4.78 is 12.8. The van der Waals surface area contributed by atoms with Gasteiger partial charge in [0.25, 0.3) is 0 Å². The summed E-state index contributed by atoms with van der Waals surface area (Å²) in [5.74, 6) is 2.44. The second kappa shape index (κ2) is 8.38. The Morgan fingerprint density at radius 3 is 2.60 bits per heavy atom. The molecule has 0 atom stereocenters. The van der Waals surface area contributed by atoms with Crippen LogP contribution in [0, 0.1) is 6.92 Å². The first-order chi connectivity index (χ1) is 14.8. The smallest absolute Gasteiger partial charge is 0.159 e. The second-order valence-electron chi connectivity index (χ2n) is 7.58. The molecule has 4 heterocycles. The molecular formula is C23H25N5O2. The summed E-state index contributed by atoms with van der Waals surface area (Å²) >= 11 is 0. The van der Waals surface area contributed by atoms with Crippen LogP contribution >= 0.6 is 0 Å². The highest BCUT2D eigenvalue weighted by atomic mass is 16.5. The number of ether oxygens (including phenoxy) is 2. The van der Waals surface area contributed by atoms with Crippen LogP contribution < -0.4 is 4.90 Å². The zero-order valence-electron chi connectivity index (χ0n) is 17.1. The van der Waals surface area contributed by atoms with Crippen molar-refractivity contribution >= 4 is 11.4 Å². The minimum absolute atomic E-state index is 0.606. The van der Waals surface area contributed by atoms with E-state index in [1.165, 1.54) is 5.56 Å². The fourth-order valence-corrected chi connectivity index (χ4v) is 3.78. The first-order valence-corrected chi connectivity index (χ1v) is 10.4. The summed E-state index contributed by atoms with van der Waals surface area (Å²) in [6, 6.07) is 12.4. The SMILES string of the molecule is Cc1cccc(-c2ccn(-c3cc(N4CCOCC4)nc(C4=CCOCC4)n3)n2)c1. The molecule has 0 spiro atoms. The Kier molecular flexibility index (Phi) is 5.29. The van der Waals surface area contributed by atoms with Crippen molar-refractivity contribution in [3.05, 3.63) is 60.1 Å². The van der Waals surface area contributed by atoms with Crippen molar-refractivity contribution in [2.45, 2.75) is 13.3 Å². The minimum Gasteiger partial charge on any atom is -0.378 e. The van der Waals surface area contributed by atoms with E-state index in [4.69, 9.17) is 24.5 Å². The molecule has 0 aliphatic carbocycles. The second-order valence-corrected chi connectivity index (χ2v) is 7.58. The molecule has 7 heteroatoms. The third kappa shape index (κ3) is 3.99. The predicted molar refractivity (Wildman–Crippen MR) is 116 cm³/mol. The molecule has 0 N–H and O–H groups in total. The summed E-state index contributed by atoms with van der Waals surface area (Å²) in [5.41, 5.74) is 4.37. The van der Waals surface area contributed by atoms with Gasteiger partial charge in [0.15, 0.2) is 11.6 Å². The molecule has 0 unspecified atom stereocenters. The number of morpholine rings is 1. The van der Waals surface area contributed by atoms with Crippen LogP contribution in [0.5, 0.6) is 0 Å². The molecule has 3 aromatic rings. The Morgan fingerprint density at radius 2 is 1.80 bits per heavy atom. The van der Waals surface area contributed by atoms with Gasteiger partial charge in [-0.1, -0.05) is 29.8 Å². The summed E-state index contributed by atoms with van der Waals surface area (Å²) in [6.45, 7) is 6.47. The first-order valence-electron chi connectivity index (χ1n) is 10.4. The Bertz CT molecular complexity index is 1070. The van der Waals surface area contributed by atoms with Crippen molar-refractivity contribution in [2.75, 3.05) is 44.4 Å². The Balaban J connectivity index is 1.54. The number of hydrogen-bond donors (Lipinski definition) is 0. The van der Waals surface area contributed by atoms with E-state index in [2.05, 4.69) is 42.2 Å². The van der Waals surface area contributed by atoms with Crippen LogP contribution in [-0.4, -0.2) is 59.3 Å². The zero-order valence-corrected chi connectivity index (χ0v) is 17.1. The number of nitrogens with zero attached hydrogens (tertiary/aromatic N) is 5. The first kappa shape index (κ1) is 19.0. The van der Waals surface area contributed by atoms with Crippen LogP contribution in [0.25, 0.3) is 22.6 Å². The van der Waals surface area contributed by atoms with Crippen LogP contribution in [0.1, 0.15) is 17.8 Å². The lowest BCUT2D eigenvalue weighted by atomic mass is 10.1. The highest BCUT2D eigenvalue weighted by molar-refractivity contribution is 5.64. The van der Waals surface area contributed by atoms with E-state index in [-0.39, 0.29) is 0 Å². The molecule has 2 aromatic heterocycles. The molecule has 1 fully saturated rings. The van der Waals surface area contributed by atoms with Gasteiger partial charge in [-0.15, -0.1) is 0 Å². The molecule has 0 saturated carbocycles. The van der Waals surface area contributed by atoms with Crippen LogP contribution in [0.3, 0.4) is 0 Å². The van der Waals surface area contributed by atoms with Crippen molar-refractivity contribution in [2.24, 2.45) is 0 Å². The lowest BCUT2D eigenvalue weighted by Gasteiger charge is -2.28. The highest BCUT2D eigenvalue weighted by Crippen LogP contribution is 2.25. The van der Waals surface area contributed by atoms with E-state index in [9.17, 15) is 0 Å². The van der Waals surface area contributed by atoms with E-state index >= 15 is 0 Å². The molecule has 5 rings (SSSR count). The van der Waals surface area contributed by atoms with Crippen molar-refractivity contribution in [3.63, 3.8) is 0 Å². The highest BCUT2D eigenvalue weighted by Gasteiger charge is 2.18. The van der Waals surface area contributed by atoms with Gasteiger partial charge in [0.05, 0.1) is 32.1 Å². The van der Waals surface area contributed by atoms with Crippen molar-refractivity contribution < 1.29 is 9.47 Å². The fraction of sp³-hybridized carbons (Fsp3) is 0.348. The Morgan fingerprint density at radius 1 is 0.933 bits per heavy atom. The van der Waals surface area contributed by atoms with Crippen molar-refractivity contribution in [1.29, 1.82) is 0 Å². The Labute approximate surface area is 176 Å². The number of anilines is 1. The maximum absolute atomic E-state index is 5.51. The van der Waals surface area contributed by atoms with Gasteiger partial charge >= 0.3 is 0 Å². The Hall–Kier alpha value is -3.03. The molecule has 30 heavy (non-hydrogen) atoms. The molecule has 0 bridgehead atoms. The van der Waals surface area contributed by atoms with Crippen LogP contribution in [0.15, 0.2) is 48.7 Å². The van der Waals surface area contributed by atoms with E-state index in [1.807, 2.05) is 23.0 Å². The topological polar surface area (TPSA) is 65.3 Å². The van der Waals surface area contributed by atoms with Gasteiger partial charge in [0, 0.05) is 30.9 Å². The average molecular weight is 403 g/mol. The number of rotatable bonds is 4. The van der Waals surface area contributed by atoms with E-state index in [0.717, 1.165) is 53.8 Å². The standard InChI is InChI=1S/C23H25N5O2/c1-17-3-2-4-19(15-17)20-5-8-28(26-20)22-16-21(27-9-13-30-14-10-27)24-23(25-22)18-6-11-29-12-7-18/h2-6,8,15-16H,7,9-14H2,1H3. The molecule has 154 valence electrons. The van der Waals surface area contributed by atoms with Gasteiger partial charge in [0.2, 0.25) is 0 Å². The van der Waals surface area contributed by atoms with Gasteiger partial charge in [-0.05, 0) is 31.1 Å². The molecule has 1 saturated heterocycles. The number of aryl methyl sites for hydroxylation is 1. The molecule has 2 aliphatic heterocycles. The van der Waals surface area contributed by atoms with Gasteiger partial charge < -0.3 is 14.4 Å². The fourth-order valence-electron chi connectivity index (χ4n) is 3.78. The number of aromatic nitrogens is 4. The molecule has 1 aromatic carbocycles. The van der Waals surface area contributed by atoms with Gasteiger partial charge in [-0.2, -0.15) is 5.10 Å². The van der Waals surface area contributed by atoms with Gasteiger partial charge in [0.1, 0.15) is 5.82 Å². The summed E-state index contributed by atoms with van der Waals surface area (Å²) in [6.07, 6.45) is 4.86. The third-order valence-electron chi connectivity index (χ3n) is 5.42. The normalized spacial score (nSPS) is 17.1. The third-order valence-corrected chi connectivity index (χ3v) is 5.42. The molecule has 0 radical (unpaired) electrons. The molecule has 2 aliphatic rings. The van der Waals surface area contributed by atoms with Crippen LogP contribution in [0.2, 0.25) is 0 Å². The van der Waals surface area contributed by atoms with E-state index in [1.54, 1.807) is 0 Å². The lowest BCUT2D eigenvalue weighted by molar-refractivity contribution is 0.122. The lowest BCUT2D eigenvalue weighted by Crippen LogP contribution is -2.37.